The zero-order valence-corrected chi connectivity index (χ0v) is 19.7. The number of anilines is 2. The number of nitrogens with zero attached hydrogens (tertiary/aromatic N) is 5. The molecule has 33 heavy (non-hydrogen) atoms. The van der Waals surface area contributed by atoms with Crippen molar-refractivity contribution in [2.24, 2.45) is 0 Å². The van der Waals surface area contributed by atoms with Crippen LogP contribution in [0.1, 0.15) is 23.4 Å². The third kappa shape index (κ3) is 5.26. The SMILES string of the molecule is COc1ccc(Cl)cc1NC(=O)CCc1c(C)nn(-c2cc(N3CCOCC3)ncn2)c1C. The Kier molecular flexibility index (Phi) is 7.10. The number of benzene rings is 1. The minimum atomic E-state index is -0.126. The van der Waals surface area contributed by atoms with Gasteiger partial charge in [-0.2, -0.15) is 5.10 Å². The van der Waals surface area contributed by atoms with E-state index in [1.165, 1.54) is 0 Å². The fourth-order valence-electron chi connectivity index (χ4n) is 3.91. The summed E-state index contributed by atoms with van der Waals surface area (Å²) in [7, 11) is 1.55. The predicted molar refractivity (Wildman–Crippen MR) is 127 cm³/mol. The first-order valence-corrected chi connectivity index (χ1v) is 11.2. The van der Waals surface area contributed by atoms with Crippen LogP contribution >= 0.6 is 11.6 Å². The van der Waals surface area contributed by atoms with Crippen LogP contribution < -0.4 is 15.0 Å². The van der Waals surface area contributed by atoms with Gasteiger partial charge in [0.15, 0.2) is 5.82 Å². The lowest BCUT2D eigenvalue weighted by molar-refractivity contribution is -0.116. The number of morpholine rings is 1. The number of nitrogens with one attached hydrogen (secondary N) is 1. The van der Waals surface area contributed by atoms with Crippen molar-refractivity contribution in [3.8, 4) is 11.6 Å². The van der Waals surface area contributed by atoms with E-state index in [0.29, 0.717) is 48.3 Å². The molecule has 1 fully saturated rings. The van der Waals surface area contributed by atoms with E-state index in [4.69, 9.17) is 21.1 Å². The number of hydrogen-bond acceptors (Lipinski definition) is 7. The smallest absolute Gasteiger partial charge is 0.224 e. The number of carbonyl (C=O) groups is 1. The lowest BCUT2D eigenvalue weighted by Crippen LogP contribution is -2.36. The van der Waals surface area contributed by atoms with Gasteiger partial charge in [0.1, 0.15) is 17.9 Å². The molecule has 0 radical (unpaired) electrons. The molecule has 1 N–H and O–H groups in total. The summed E-state index contributed by atoms with van der Waals surface area (Å²) in [5.74, 6) is 1.99. The van der Waals surface area contributed by atoms with E-state index in [0.717, 1.165) is 35.9 Å². The lowest BCUT2D eigenvalue weighted by Gasteiger charge is -2.27. The number of carbonyl (C=O) groups excluding carboxylic acids is 1. The fraction of sp³-hybridized carbons (Fsp3) is 0.391. The van der Waals surface area contributed by atoms with Crippen molar-refractivity contribution < 1.29 is 14.3 Å². The fourth-order valence-corrected chi connectivity index (χ4v) is 4.08. The van der Waals surface area contributed by atoms with Gasteiger partial charge in [-0.3, -0.25) is 4.79 Å². The van der Waals surface area contributed by atoms with Gasteiger partial charge in [0.25, 0.3) is 0 Å². The van der Waals surface area contributed by atoms with Crippen molar-refractivity contribution in [1.82, 2.24) is 19.7 Å². The van der Waals surface area contributed by atoms with Crippen LogP contribution in [0.15, 0.2) is 30.6 Å². The molecule has 0 bridgehead atoms. The Morgan fingerprint density at radius 3 is 2.70 bits per heavy atom. The van der Waals surface area contributed by atoms with E-state index in [-0.39, 0.29) is 5.91 Å². The average Bonchev–Trinajstić information content (AvgIpc) is 3.11. The summed E-state index contributed by atoms with van der Waals surface area (Å²) in [6.07, 6.45) is 2.40. The highest BCUT2D eigenvalue weighted by atomic mass is 35.5. The molecule has 10 heteroatoms. The molecule has 0 unspecified atom stereocenters. The van der Waals surface area contributed by atoms with E-state index in [2.05, 4.69) is 25.3 Å². The van der Waals surface area contributed by atoms with Crippen LogP contribution in [-0.2, 0) is 16.0 Å². The molecular formula is C23H27ClN6O3. The summed E-state index contributed by atoms with van der Waals surface area (Å²) in [6, 6.07) is 7.05. The third-order valence-corrected chi connectivity index (χ3v) is 5.90. The minimum absolute atomic E-state index is 0.126. The highest BCUT2D eigenvalue weighted by molar-refractivity contribution is 6.31. The van der Waals surface area contributed by atoms with Gasteiger partial charge < -0.3 is 19.7 Å². The maximum Gasteiger partial charge on any atom is 0.224 e. The van der Waals surface area contributed by atoms with Crippen LogP contribution in [-0.4, -0.2) is 59.1 Å². The molecular weight excluding hydrogens is 444 g/mol. The van der Waals surface area contributed by atoms with Gasteiger partial charge in [-0.05, 0) is 44.0 Å². The van der Waals surface area contributed by atoms with Gasteiger partial charge in [-0.25, -0.2) is 14.6 Å². The molecule has 4 rings (SSSR count). The monoisotopic (exact) mass is 470 g/mol. The first kappa shape index (κ1) is 23.0. The minimum Gasteiger partial charge on any atom is -0.495 e. The Morgan fingerprint density at radius 1 is 1.18 bits per heavy atom. The molecule has 9 nitrogen and oxygen atoms in total. The molecule has 0 aliphatic carbocycles. The maximum absolute atomic E-state index is 12.6. The van der Waals surface area contributed by atoms with Crippen LogP contribution in [0.2, 0.25) is 5.02 Å². The molecule has 1 amide bonds. The Labute approximate surface area is 197 Å². The van der Waals surface area contributed by atoms with Gasteiger partial charge in [0.05, 0.1) is 31.7 Å². The summed E-state index contributed by atoms with van der Waals surface area (Å²) in [6.45, 7) is 6.90. The van der Waals surface area contributed by atoms with Crippen molar-refractivity contribution >= 4 is 29.0 Å². The van der Waals surface area contributed by atoms with Crippen molar-refractivity contribution in [1.29, 1.82) is 0 Å². The molecule has 174 valence electrons. The van der Waals surface area contributed by atoms with Gasteiger partial charge in [-0.1, -0.05) is 11.6 Å². The normalized spacial score (nSPS) is 13.8. The highest BCUT2D eigenvalue weighted by Gasteiger charge is 2.18. The van der Waals surface area contributed by atoms with Crippen molar-refractivity contribution in [3.63, 3.8) is 0 Å². The molecule has 1 aliphatic rings. The first-order chi connectivity index (χ1) is 16.0. The van der Waals surface area contributed by atoms with E-state index in [1.807, 2.05) is 24.6 Å². The number of hydrogen-bond donors (Lipinski definition) is 1. The number of amides is 1. The van der Waals surface area contributed by atoms with Gasteiger partial charge in [0.2, 0.25) is 5.91 Å². The van der Waals surface area contributed by atoms with Crippen LogP contribution in [0.25, 0.3) is 5.82 Å². The largest absolute Gasteiger partial charge is 0.495 e. The van der Waals surface area contributed by atoms with Crippen LogP contribution in [0.4, 0.5) is 11.5 Å². The number of rotatable bonds is 7. The number of aryl methyl sites for hydroxylation is 1. The second-order valence-electron chi connectivity index (χ2n) is 7.79. The van der Waals surface area contributed by atoms with E-state index < -0.39 is 0 Å². The topological polar surface area (TPSA) is 94.4 Å². The summed E-state index contributed by atoms with van der Waals surface area (Å²) in [5.41, 5.74) is 3.39. The quantitative estimate of drug-likeness (QED) is 0.565. The summed E-state index contributed by atoms with van der Waals surface area (Å²) in [5, 5.41) is 8.09. The van der Waals surface area contributed by atoms with Gasteiger partial charge in [-0.15, -0.1) is 0 Å². The number of ether oxygens (including phenoxy) is 2. The lowest BCUT2D eigenvalue weighted by atomic mass is 10.1. The van der Waals surface area contributed by atoms with E-state index in [9.17, 15) is 4.79 Å². The molecule has 0 atom stereocenters. The number of halogens is 1. The van der Waals surface area contributed by atoms with Crippen LogP contribution in [0.3, 0.4) is 0 Å². The van der Waals surface area contributed by atoms with E-state index in [1.54, 1.807) is 31.6 Å². The van der Waals surface area contributed by atoms with Crippen LogP contribution in [0.5, 0.6) is 5.75 Å². The van der Waals surface area contributed by atoms with Crippen molar-refractivity contribution in [2.45, 2.75) is 26.7 Å². The third-order valence-electron chi connectivity index (χ3n) is 5.67. The zero-order chi connectivity index (χ0) is 23.4. The standard InChI is InChI=1S/C23H27ClN6O3/c1-15-18(5-7-23(31)27-19-12-17(24)4-6-20(19)32-3)16(2)30(28-15)22-13-21(25-14-26-22)29-8-10-33-11-9-29/h4,6,12-14H,5,7-11H2,1-3H3,(H,27,31). The molecule has 1 aliphatic heterocycles. The Balaban J connectivity index is 1.47. The summed E-state index contributed by atoms with van der Waals surface area (Å²) < 4.78 is 12.5. The first-order valence-electron chi connectivity index (χ1n) is 10.8. The van der Waals surface area contributed by atoms with Gasteiger partial charge >= 0.3 is 0 Å². The maximum atomic E-state index is 12.6. The highest BCUT2D eigenvalue weighted by Crippen LogP contribution is 2.28. The summed E-state index contributed by atoms with van der Waals surface area (Å²) in [4.78, 5) is 23.6. The molecule has 0 spiro atoms. The number of aromatic nitrogens is 4. The number of methoxy groups -OCH3 is 1. The van der Waals surface area contributed by atoms with Crippen molar-refractivity contribution in [2.75, 3.05) is 43.6 Å². The second-order valence-corrected chi connectivity index (χ2v) is 8.22. The van der Waals surface area contributed by atoms with Crippen molar-refractivity contribution in [3.05, 3.63) is 52.6 Å². The Morgan fingerprint density at radius 2 is 1.94 bits per heavy atom. The Bertz CT molecular complexity index is 1140. The summed E-state index contributed by atoms with van der Waals surface area (Å²) >= 11 is 6.06. The Hall–Kier alpha value is -3.17. The molecule has 1 saturated heterocycles. The second kappa shape index (κ2) is 10.2. The predicted octanol–water partition coefficient (Wildman–Crippen LogP) is 3.35. The molecule has 3 aromatic rings. The zero-order valence-electron chi connectivity index (χ0n) is 19.0. The molecule has 1 aromatic carbocycles. The average molecular weight is 471 g/mol. The van der Waals surface area contributed by atoms with Crippen LogP contribution in [0, 0.1) is 13.8 Å². The van der Waals surface area contributed by atoms with Gasteiger partial charge in [0, 0.05) is 36.3 Å². The molecule has 0 saturated carbocycles. The molecule has 2 aromatic heterocycles. The van der Waals surface area contributed by atoms with E-state index >= 15 is 0 Å². The molecule has 3 heterocycles.